The zero-order chi connectivity index (χ0) is 15.0. The average molecular weight is 281 g/mol. The number of esters is 1. The van der Waals surface area contributed by atoms with Gasteiger partial charge in [0.15, 0.2) is 0 Å². The minimum absolute atomic E-state index is 0.0511. The summed E-state index contributed by atoms with van der Waals surface area (Å²) >= 11 is 0. The molecule has 21 heavy (non-hydrogen) atoms. The van der Waals surface area contributed by atoms with Crippen LogP contribution in [0.2, 0.25) is 0 Å². The van der Waals surface area contributed by atoms with Crippen molar-refractivity contribution in [2.75, 3.05) is 7.11 Å². The smallest absolute Gasteiger partial charge is 0.338 e. The van der Waals surface area contributed by atoms with Gasteiger partial charge in [-0.05, 0) is 34.6 Å². The summed E-state index contributed by atoms with van der Waals surface area (Å²) in [7, 11) is 1.42. The normalized spacial score (nSPS) is 19.1. The zero-order valence-electron chi connectivity index (χ0n) is 12.6. The molecule has 0 saturated heterocycles. The third-order valence-electron chi connectivity index (χ3n) is 4.36. The van der Waals surface area contributed by atoms with Gasteiger partial charge >= 0.3 is 5.97 Å². The van der Waals surface area contributed by atoms with Crippen LogP contribution < -0.4 is 0 Å². The second kappa shape index (κ2) is 4.99. The number of aromatic nitrogens is 1. The second-order valence-corrected chi connectivity index (χ2v) is 6.25. The van der Waals surface area contributed by atoms with Gasteiger partial charge in [-0.25, -0.2) is 4.79 Å². The fraction of sp³-hybridized carbons (Fsp3) is 0.333. The van der Waals surface area contributed by atoms with Gasteiger partial charge in [-0.2, -0.15) is 0 Å². The summed E-state index contributed by atoms with van der Waals surface area (Å²) < 4.78 is 4.93. The number of nitrogens with zero attached hydrogens (tertiary/aromatic N) is 1. The number of ether oxygens (including phenoxy) is 1. The maximum Gasteiger partial charge on any atom is 0.338 e. The minimum atomic E-state index is -0.299. The van der Waals surface area contributed by atoms with E-state index in [-0.39, 0.29) is 17.3 Å². The topological polar surface area (TPSA) is 39.2 Å². The summed E-state index contributed by atoms with van der Waals surface area (Å²) in [6, 6.07) is 10.2. The molecule has 0 N–H and O–H groups in total. The van der Waals surface area contributed by atoms with Crippen LogP contribution in [0.5, 0.6) is 0 Å². The Bertz CT molecular complexity index is 691. The molecule has 0 radical (unpaired) electrons. The van der Waals surface area contributed by atoms with Crippen LogP contribution in [0, 0.1) is 5.41 Å². The molecule has 3 heteroatoms. The predicted octanol–water partition coefficient (Wildman–Crippen LogP) is 3.58. The molecule has 0 aliphatic heterocycles. The molecule has 0 fully saturated rings. The number of carbonyl (C=O) groups excluding carboxylic acids is 1. The lowest BCUT2D eigenvalue weighted by Crippen LogP contribution is -2.21. The van der Waals surface area contributed by atoms with Crippen molar-refractivity contribution in [3.63, 3.8) is 0 Å². The first-order valence-electron chi connectivity index (χ1n) is 7.14. The van der Waals surface area contributed by atoms with Gasteiger partial charge in [0, 0.05) is 18.3 Å². The molecule has 1 heterocycles. The standard InChI is InChI=1S/C18H19NO2/c1-18(2)10-12-6-4-5-7-13(12)16(18)15-11-19-9-8-14(15)17(20)21-3/h4-9,11,16H,10H2,1-3H3. The van der Waals surface area contributed by atoms with Gasteiger partial charge in [0.2, 0.25) is 0 Å². The first-order valence-corrected chi connectivity index (χ1v) is 7.14. The number of carbonyl (C=O) groups is 1. The Morgan fingerprint density at radius 2 is 2.00 bits per heavy atom. The van der Waals surface area contributed by atoms with E-state index in [9.17, 15) is 4.79 Å². The van der Waals surface area contributed by atoms with Gasteiger partial charge in [0.25, 0.3) is 0 Å². The van der Waals surface area contributed by atoms with Crippen molar-refractivity contribution in [3.05, 3.63) is 65.0 Å². The zero-order valence-corrected chi connectivity index (χ0v) is 12.6. The molecule has 1 aromatic carbocycles. The monoisotopic (exact) mass is 281 g/mol. The summed E-state index contributed by atoms with van der Waals surface area (Å²) in [5.74, 6) is -0.135. The first kappa shape index (κ1) is 13.8. The van der Waals surface area contributed by atoms with E-state index in [0.29, 0.717) is 5.56 Å². The molecular weight excluding hydrogens is 262 g/mol. The maximum atomic E-state index is 12.1. The van der Waals surface area contributed by atoms with E-state index in [1.54, 1.807) is 18.5 Å². The molecule has 3 rings (SSSR count). The predicted molar refractivity (Wildman–Crippen MR) is 81.3 cm³/mol. The molecule has 1 unspecified atom stereocenters. The number of pyridine rings is 1. The molecule has 1 aliphatic carbocycles. The van der Waals surface area contributed by atoms with Gasteiger partial charge < -0.3 is 4.74 Å². The van der Waals surface area contributed by atoms with Crippen LogP contribution in [-0.4, -0.2) is 18.1 Å². The summed E-state index contributed by atoms with van der Waals surface area (Å²) in [6.45, 7) is 4.48. The first-order chi connectivity index (χ1) is 10.0. The van der Waals surface area contributed by atoms with Crippen molar-refractivity contribution >= 4 is 5.97 Å². The van der Waals surface area contributed by atoms with Crippen LogP contribution in [-0.2, 0) is 11.2 Å². The molecule has 0 spiro atoms. The Morgan fingerprint density at radius 3 is 2.76 bits per heavy atom. The molecule has 2 aromatic rings. The SMILES string of the molecule is COC(=O)c1ccncc1C1c2ccccc2CC1(C)C. The quantitative estimate of drug-likeness (QED) is 0.790. The number of fused-ring (bicyclic) bond motifs is 1. The van der Waals surface area contributed by atoms with Crippen molar-refractivity contribution in [3.8, 4) is 0 Å². The van der Waals surface area contributed by atoms with E-state index in [0.717, 1.165) is 12.0 Å². The molecule has 0 amide bonds. The van der Waals surface area contributed by atoms with Gasteiger partial charge in [-0.1, -0.05) is 38.1 Å². The lowest BCUT2D eigenvalue weighted by molar-refractivity contribution is 0.0598. The molecule has 3 nitrogen and oxygen atoms in total. The molecule has 0 saturated carbocycles. The van der Waals surface area contributed by atoms with Crippen molar-refractivity contribution < 1.29 is 9.53 Å². The number of hydrogen-bond acceptors (Lipinski definition) is 3. The van der Waals surface area contributed by atoms with E-state index < -0.39 is 0 Å². The van der Waals surface area contributed by atoms with E-state index in [1.165, 1.54) is 18.2 Å². The lowest BCUT2D eigenvalue weighted by atomic mass is 9.75. The van der Waals surface area contributed by atoms with Crippen LogP contribution in [0.3, 0.4) is 0 Å². The van der Waals surface area contributed by atoms with Crippen LogP contribution in [0.4, 0.5) is 0 Å². The van der Waals surface area contributed by atoms with Gasteiger partial charge in [0.05, 0.1) is 12.7 Å². The molecule has 1 aliphatic rings. The van der Waals surface area contributed by atoms with E-state index in [4.69, 9.17) is 4.74 Å². The van der Waals surface area contributed by atoms with Gasteiger partial charge in [-0.15, -0.1) is 0 Å². The summed E-state index contributed by atoms with van der Waals surface area (Å²) in [6.07, 6.45) is 4.45. The Balaban J connectivity index is 2.18. The van der Waals surface area contributed by atoms with Crippen molar-refractivity contribution in [1.82, 2.24) is 4.98 Å². The third kappa shape index (κ3) is 2.23. The summed E-state index contributed by atoms with van der Waals surface area (Å²) in [5.41, 5.74) is 4.27. The number of rotatable bonds is 2. The minimum Gasteiger partial charge on any atom is -0.465 e. The van der Waals surface area contributed by atoms with E-state index in [2.05, 4.69) is 43.1 Å². The highest BCUT2D eigenvalue weighted by atomic mass is 16.5. The van der Waals surface area contributed by atoms with Gasteiger partial charge in [-0.3, -0.25) is 4.98 Å². The van der Waals surface area contributed by atoms with E-state index in [1.807, 2.05) is 0 Å². The molecule has 1 aromatic heterocycles. The second-order valence-electron chi connectivity index (χ2n) is 6.25. The Hall–Kier alpha value is -2.16. The summed E-state index contributed by atoms with van der Waals surface area (Å²) in [5, 5.41) is 0. The fourth-order valence-corrected chi connectivity index (χ4v) is 3.51. The van der Waals surface area contributed by atoms with Crippen LogP contribution in [0.15, 0.2) is 42.7 Å². The van der Waals surface area contributed by atoms with Crippen LogP contribution >= 0.6 is 0 Å². The summed E-state index contributed by atoms with van der Waals surface area (Å²) in [4.78, 5) is 16.3. The van der Waals surface area contributed by atoms with Crippen LogP contribution in [0.25, 0.3) is 0 Å². The highest BCUT2D eigenvalue weighted by Crippen LogP contribution is 2.50. The van der Waals surface area contributed by atoms with Crippen molar-refractivity contribution in [1.29, 1.82) is 0 Å². The lowest BCUT2D eigenvalue weighted by Gasteiger charge is -2.29. The molecule has 108 valence electrons. The molecular formula is C18H19NO2. The number of hydrogen-bond donors (Lipinski definition) is 0. The van der Waals surface area contributed by atoms with E-state index >= 15 is 0 Å². The molecule has 0 bridgehead atoms. The largest absolute Gasteiger partial charge is 0.465 e. The van der Waals surface area contributed by atoms with Crippen molar-refractivity contribution in [2.24, 2.45) is 5.41 Å². The highest BCUT2D eigenvalue weighted by Gasteiger charge is 2.41. The third-order valence-corrected chi connectivity index (χ3v) is 4.36. The van der Waals surface area contributed by atoms with Crippen LogP contribution in [0.1, 0.15) is 46.8 Å². The average Bonchev–Trinajstić information content (AvgIpc) is 2.76. The number of methoxy groups -OCH3 is 1. The molecule has 1 atom stereocenters. The fourth-order valence-electron chi connectivity index (χ4n) is 3.51. The number of benzene rings is 1. The maximum absolute atomic E-state index is 12.1. The Morgan fingerprint density at radius 1 is 1.24 bits per heavy atom. The highest BCUT2D eigenvalue weighted by molar-refractivity contribution is 5.91. The Labute approximate surface area is 125 Å². The van der Waals surface area contributed by atoms with Crippen molar-refractivity contribution in [2.45, 2.75) is 26.2 Å². The van der Waals surface area contributed by atoms with Gasteiger partial charge in [0.1, 0.15) is 0 Å². The Kier molecular flexibility index (Phi) is 3.28.